The third-order valence-electron chi connectivity index (χ3n) is 5.44. The van der Waals surface area contributed by atoms with Crippen LogP contribution in [-0.2, 0) is 12.8 Å². The van der Waals surface area contributed by atoms with Gasteiger partial charge in [0.2, 0.25) is 0 Å². The lowest BCUT2D eigenvalue weighted by Crippen LogP contribution is -2.34. The first kappa shape index (κ1) is 24.9. The zero-order valence-corrected chi connectivity index (χ0v) is 20.7. The summed E-state index contributed by atoms with van der Waals surface area (Å²) < 4.78 is 11.6. The van der Waals surface area contributed by atoms with Crippen LogP contribution >= 0.6 is 12.2 Å². The van der Waals surface area contributed by atoms with Crippen molar-refractivity contribution in [2.45, 2.75) is 12.8 Å². The Morgan fingerprint density at radius 3 is 1.86 bits per heavy atom. The Morgan fingerprint density at radius 2 is 1.25 bits per heavy atom. The van der Waals surface area contributed by atoms with Crippen LogP contribution in [0.2, 0.25) is 0 Å². The molecule has 0 saturated heterocycles. The zero-order chi connectivity index (χ0) is 25.0. The van der Waals surface area contributed by atoms with Crippen molar-refractivity contribution in [3.05, 3.63) is 126 Å². The van der Waals surface area contributed by atoms with E-state index in [-0.39, 0.29) is 11.0 Å². The minimum absolute atomic E-state index is 0.216. The molecule has 4 aromatic rings. The van der Waals surface area contributed by atoms with Crippen LogP contribution in [0.1, 0.15) is 21.5 Å². The van der Waals surface area contributed by atoms with Gasteiger partial charge < -0.3 is 14.8 Å². The van der Waals surface area contributed by atoms with Gasteiger partial charge in [-0.15, -0.1) is 0 Å². The number of thiocarbonyl (C=S) groups is 1. The lowest BCUT2D eigenvalue weighted by atomic mass is 10.2. The molecule has 0 fully saturated rings. The maximum atomic E-state index is 12.7. The molecule has 0 saturated carbocycles. The number of nitrogens with one attached hydrogen (secondary N) is 2. The molecule has 0 bridgehead atoms. The maximum absolute atomic E-state index is 12.7. The molecule has 0 spiro atoms. The van der Waals surface area contributed by atoms with Crippen molar-refractivity contribution in [1.82, 2.24) is 5.32 Å². The highest BCUT2D eigenvalue weighted by atomic mass is 32.1. The van der Waals surface area contributed by atoms with E-state index < -0.39 is 0 Å². The second-order valence-corrected chi connectivity index (χ2v) is 8.54. The smallest absolute Gasteiger partial charge is 0.257 e. The Bertz CT molecular complexity index is 1260. The highest BCUT2D eigenvalue weighted by Crippen LogP contribution is 2.17. The van der Waals surface area contributed by atoms with E-state index in [2.05, 4.69) is 34.9 Å². The standard InChI is InChI=1S/C30H28N2O3S/c33-29(25-12-7-13-28(22-25)35-21-19-24-10-5-2-6-11-24)32-30(36)31-26-14-16-27(17-15-26)34-20-18-23-8-3-1-4-9-23/h1-17,22H,18-21H2,(H2,31,32,33,36). The molecule has 0 aliphatic carbocycles. The largest absolute Gasteiger partial charge is 0.493 e. The van der Waals surface area contributed by atoms with Crippen molar-refractivity contribution in [2.75, 3.05) is 18.5 Å². The Morgan fingerprint density at radius 1 is 0.667 bits per heavy atom. The number of benzene rings is 4. The normalized spacial score (nSPS) is 10.3. The van der Waals surface area contributed by atoms with E-state index in [4.69, 9.17) is 21.7 Å². The van der Waals surface area contributed by atoms with Crippen LogP contribution in [0.15, 0.2) is 109 Å². The molecule has 0 unspecified atom stereocenters. The molecule has 0 aliphatic heterocycles. The highest BCUT2D eigenvalue weighted by Gasteiger charge is 2.09. The second kappa shape index (κ2) is 13.1. The van der Waals surface area contributed by atoms with Crippen molar-refractivity contribution in [3.8, 4) is 11.5 Å². The number of ether oxygens (including phenoxy) is 2. The fraction of sp³-hybridized carbons (Fsp3) is 0.133. The molecule has 0 radical (unpaired) electrons. The lowest BCUT2D eigenvalue weighted by Gasteiger charge is -2.12. The summed E-state index contributed by atoms with van der Waals surface area (Å²) in [4.78, 5) is 12.7. The SMILES string of the molecule is O=C(NC(=S)Nc1ccc(OCCc2ccccc2)cc1)c1cccc(OCCc2ccccc2)c1. The molecule has 1 amide bonds. The van der Waals surface area contributed by atoms with Gasteiger partial charge in [0.15, 0.2) is 5.11 Å². The van der Waals surface area contributed by atoms with E-state index >= 15 is 0 Å². The van der Waals surface area contributed by atoms with Crippen LogP contribution in [0, 0.1) is 0 Å². The third-order valence-corrected chi connectivity index (χ3v) is 5.64. The van der Waals surface area contributed by atoms with Gasteiger partial charge in [-0.2, -0.15) is 0 Å². The van der Waals surface area contributed by atoms with Gasteiger partial charge in [0.1, 0.15) is 11.5 Å². The van der Waals surface area contributed by atoms with Crippen LogP contribution < -0.4 is 20.1 Å². The number of carbonyl (C=O) groups excluding carboxylic acids is 1. The number of carbonyl (C=O) groups is 1. The average molecular weight is 497 g/mol. The van der Waals surface area contributed by atoms with Crippen LogP contribution in [0.5, 0.6) is 11.5 Å². The van der Waals surface area contributed by atoms with E-state index in [1.54, 1.807) is 18.2 Å². The summed E-state index contributed by atoms with van der Waals surface area (Å²) in [6.07, 6.45) is 1.64. The molecule has 2 N–H and O–H groups in total. The van der Waals surface area contributed by atoms with E-state index in [1.165, 1.54) is 11.1 Å². The first-order chi connectivity index (χ1) is 17.7. The second-order valence-electron chi connectivity index (χ2n) is 8.13. The number of hydrogen-bond donors (Lipinski definition) is 2. The molecule has 5 nitrogen and oxygen atoms in total. The number of hydrogen-bond acceptors (Lipinski definition) is 4. The minimum Gasteiger partial charge on any atom is -0.493 e. The molecule has 0 aliphatic rings. The van der Waals surface area contributed by atoms with Crippen molar-refractivity contribution in [3.63, 3.8) is 0 Å². The first-order valence-electron chi connectivity index (χ1n) is 11.8. The molecule has 0 heterocycles. The maximum Gasteiger partial charge on any atom is 0.257 e. The highest BCUT2D eigenvalue weighted by molar-refractivity contribution is 7.80. The summed E-state index contributed by atoms with van der Waals surface area (Å²) in [7, 11) is 0. The number of rotatable bonds is 10. The van der Waals surface area contributed by atoms with Gasteiger partial charge >= 0.3 is 0 Å². The quantitative estimate of drug-likeness (QED) is 0.262. The predicted octanol–water partition coefficient (Wildman–Crippen LogP) is 6.06. The van der Waals surface area contributed by atoms with Gasteiger partial charge in [0, 0.05) is 24.1 Å². The van der Waals surface area contributed by atoms with Gasteiger partial charge in [-0.3, -0.25) is 10.1 Å². The van der Waals surface area contributed by atoms with E-state index in [0.717, 1.165) is 24.3 Å². The van der Waals surface area contributed by atoms with Crippen LogP contribution in [0.25, 0.3) is 0 Å². The fourth-order valence-electron chi connectivity index (χ4n) is 3.56. The summed E-state index contributed by atoms with van der Waals surface area (Å²) in [5.74, 6) is 1.11. The van der Waals surface area contributed by atoms with Gasteiger partial charge in [-0.25, -0.2) is 0 Å². The Kier molecular flexibility index (Phi) is 9.06. The lowest BCUT2D eigenvalue weighted by molar-refractivity contribution is 0.0977. The monoisotopic (exact) mass is 496 g/mol. The summed E-state index contributed by atoms with van der Waals surface area (Å²) in [5, 5.41) is 5.96. The number of anilines is 1. The van der Waals surface area contributed by atoms with Gasteiger partial charge in [-0.05, 0) is 65.8 Å². The Labute approximate surface area is 217 Å². The summed E-state index contributed by atoms with van der Waals surface area (Å²) in [5.41, 5.74) is 3.67. The number of amides is 1. The molecule has 36 heavy (non-hydrogen) atoms. The molecular weight excluding hydrogens is 468 g/mol. The molecule has 0 atom stereocenters. The van der Waals surface area contributed by atoms with Crippen LogP contribution in [0.4, 0.5) is 5.69 Å². The Balaban J connectivity index is 1.21. The van der Waals surface area contributed by atoms with Crippen LogP contribution in [0.3, 0.4) is 0 Å². The summed E-state index contributed by atoms with van der Waals surface area (Å²) in [6, 6.07) is 34.9. The minimum atomic E-state index is -0.304. The van der Waals surface area contributed by atoms with Crippen molar-refractivity contribution in [1.29, 1.82) is 0 Å². The zero-order valence-electron chi connectivity index (χ0n) is 19.9. The Hall–Kier alpha value is -4.16. The van der Waals surface area contributed by atoms with Crippen molar-refractivity contribution < 1.29 is 14.3 Å². The molecule has 4 aromatic carbocycles. The molecule has 6 heteroatoms. The van der Waals surface area contributed by atoms with Crippen molar-refractivity contribution >= 4 is 28.9 Å². The van der Waals surface area contributed by atoms with Crippen LogP contribution in [-0.4, -0.2) is 24.2 Å². The van der Waals surface area contributed by atoms with Gasteiger partial charge in [0.05, 0.1) is 13.2 Å². The van der Waals surface area contributed by atoms with Gasteiger partial charge in [-0.1, -0.05) is 66.7 Å². The predicted molar refractivity (Wildman–Crippen MR) is 148 cm³/mol. The molecular formula is C30H28N2O3S. The summed E-state index contributed by atoms with van der Waals surface area (Å²) in [6.45, 7) is 1.13. The van der Waals surface area contributed by atoms with E-state index in [1.807, 2.05) is 66.7 Å². The molecule has 4 rings (SSSR count). The summed E-state index contributed by atoms with van der Waals surface area (Å²) >= 11 is 5.32. The topological polar surface area (TPSA) is 59.6 Å². The molecule has 182 valence electrons. The van der Waals surface area contributed by atoms with E-state index in [0.29, 0.717) is 24.5 Å². The average Bonchev–Trinajstić information content (AvgIpc) is 2.91. The first-order valence-corrected chi connectivity index (χ1v) is 12.2. The third kappa shape index (κ3) is 7.96. The van der Waals surface area contributed by atoms with E-state index in [9.17, 15) is 4.79 Å². The fourth-order valence-corrected chi connectivity index (χ4v) is 3.77. The molecule has 0 aromatic heterocycles. The van der Waals surface area contributed by atoms with Gasteiger partial charge in [0.25, 0.3) is 5.91 Å². The van der Waals surface area contributed by atoms with Crippen molar-refractivity contribution in [2.24, 2.45) is 0 Å².